The third-order valence-electron chi connectivity index (χ3n) is 4.64. The molecule has 100 valence electrons. The quantitative estimate of drug-likeness (QED) is 0.765. The second-order valence-electron chi connectivity index (χ2n) is 5.96. The zero-order valence-electron chi connectivity index (χ0n) is 11.6. The predicted molar refractivity (Wildman–Crippen MR) is 74.3 cm³/mol. The van der Waals surface area contributed by atoms with Crippen LogP contribution < -0.4 is 5.32 Å². The molecule has 2 heteroatoms. The predicted octanol–water partition coefficient (Wildman–Crippen LogP) is 3.03. The summed E-state index contributed by atoms with van der Waals surface area (Å²) in [7, 11) is 0. The second-order valence-corrected chi connectivity index (χ2v) is 5.96. The van der Waals surface area contributed by atoms with Crippen molar-refractivity contribution in [1.82, 2.24) is 10.2 Å². The van der Waals surface area contributed by atoms with E-state index in [4.69, 9.17) is 0 Å². The highest BCUT2D eigenvalue weighted by atomic mass is 15.2. The number of piperidine rings is 1. The molecule has 1 aliphatic carbocycles. The molecule has 0 unspecified atom stereocenters. The van der Waals surface area contributed by atoms with Crippen molar-refractivity contribution in [3.63, 3.8) is 0 Å². The number of rotatable bonds is 6. The Kier molecular flexibility index (Phi) is 5.79. The van der Waals surface area contributed by atoms with Crippen molar-refractivity contribution in [3.8, 4) is 0 Å². The van der Waals surface area contributed by atoms with Gasteiger partial charge in [0.2, 0.25) is 0 Å². The van der Waals surface area contributed by atoms with E-state index in [2.05, 4.69) is 17.1 Å². The molecule has 1 saturated heterocycles. The van der Waals surface area contributed by atoms with E-state index < -0.39 is 0 Å². The fraction of sp³-hybridized carbons (Fsp3) is 1.00. The van der Waals surface area contributed by atoms with Gasteiger partial charge in [-0.3, -0.25) is 0 Å². The highest BCUT2D eigenvalue weighted by molar-refractivity contribution is 4.79. The molecule has 1 N–H and O–H groups in total. The van der Waals surface area contributed by atoms with E-state index in [1.807, 2.05) is 0 Å². The number of hydrogen-bond acceptors (Lipinski definition) is 2. The Morgan fingerprint density at radius 2 is 1.71 bits per heavy atom. The Morgan fingerprint density at radius 1 is 1.00 bits per heavy atom. The van der Waals surface area contributed by atoms with Gasteiger partial charge >= 0.3 is 0 Å². The molecule has 1 saturated carbocycles. The van der Waals surface area contributed by atoms with E-state index in [0.717, 1.165) is 12.0 Å². The van der Waals surface area contributed by atoms with Gasteiger partial charge < -0.3 is 10.2 Å². The lowest BCUT2D eigenvalue weighted by Crippen LogP contribution is -2.44. The molecule has 0 aromatic heterocycles. The molecular formula is C15H30N2. The summed E-state index contributed by atoms with van der Waals surface area (Å²) < 4.78 is 0. The third kappa shape index (κ3) is 4.26. The summed E-state index contributed by atoms with van der Waals surface area (Å²) >= 11 is 0. The Morgan fingerprint density at radius 3 is 2.35 bits per heavy atom. The third-order valence-corrected chi connectivity index (χ3v) is 4.64. The molecule has 0 amide bonds. The maximum absolute atomic E-state index is 3.48. The standard InChI is InChI=1S/C15H30N2/c1-2-12-17(15-7-10-16-11-8-15)13-9-14-5-3-4-6-14/h14-16H,2-13H2,1H3. The summed E-state index contributed by atoms with van der Waals surface area (Å²) in [5, 5.41) is 3.48. The largest absolute Gasteiger partial charge is 0.317 e. The summed E-state index contributed by atoms with van der Waals surface area (Å²) in [4.78, 5) is 2.79. The van der Waals surface area contributed by atoms with Gasteiger partial charge in [0.15, 0.2) is 0 Å². The van der Waals surface area contributed by atoms with E-state index in [9.17, 15) is 0 Å². The van der Waals surface area contributed by atoms with Crippen LogP contribution in [0.15, 0.2) is 0 Å². The molecule has 17 heavy (non-hydrogen) atoms. The highest BCUT2D eigenvalue weighted by Crippen LogP contribution is 2.28. The Bertz CT molecular complexity index is 193. The van der Waals surface area contributed by atoms with Crippen molar-refractivity contribution in [1.29, 1.82) is 0 Å². The van der Waals surface area contributed by atoms with Crippen LogP contribution in [-0.2, 0) is 0 Å². The first kappa shape index (κ1) is 13.4. The average molecular weight is 238 g/mol. The normalized spacial score (nSPS) is 23.6. The first-order valence-electron chi connectivity index (χ1n) is 7.85. The SMILES string of the molecule is CCCN(CCC1CCCC1)C1CCNCC1. The van der Waals surface area contributed by atoms with E-state index >= 15 is 0 Å². The van der Waals surface area contributed by atoms with E-state index in [1.165, 1.54) is 77.5 Å². The fourth-order valence-electron chi connectivity index (χ4n) is 3.58. The fourth-order valence-corrected chi connectivity index (χ4v) is 3.58. The zero-order valence-corrected chi connectivity index (χ0v) is 11.6. The van der Waals surface area contributed by atoms with Gasteiger partial charge in [-0.15, -0.1) is 0 Å². The monoisotopic (exact) mass is 238 g/mol. The molecule has 2 aliphatic rings. The van der Waals surface area contributed by atoms with Crippen LogP contribution in [0.1, 0.15) is 58.3 Å². The van der Waals surface area contributed by atoms with Gasteiger partial charge in [0, 0.05) is 6.04 Å². The lowest BCUT2D eigenvalue weighted by Gasteiger charge is -2.35. The van der Waals surface area contributed by atoms with Crippen molar-refractivity contribution in [2.45, 2.75) is 64.3 Å². The topological polar surface area (TPSA) is 15.3 Å². The average Bonchev–Trinajstić information content (AvgIpc) is 2.88. The van der Waals surface area contributed by atoms with Crippen LogP contribution in [0.5, 0.6) is 0 Å². The summed E-state index contributed by atoms with van der Waals surface area (Å²) in [6, 6.07) is 0.873. The van der Waals surface area contributed by atoms with Gasteiger partial charge in [0.1, 0.15) is 0 Å². The zero-order chi connectivity index (χ0) is 11.9. The molecule has 2 fully saturated rings. The van der Waals surface area contributed by atoms with E-state index in [0.29, 0.717) is 0 Å². The lowest BCUT2D eigenvalue weighted by atomic mass is 10.0. The highest BCUT2D eigenvalue weighted by Gasteiger charge is 2.22. The van der Waals surface area contributed by atoms with Crippen LogP contribution in [-0.4, -0.2) is 37.1 Å². The summed E-state index contributed by atoms with van der Waals surface area (Å²) in [5.74, 6) is 1.05. The minimum absolute atomic E-state index is 0.873. The number of nitrogens with one attached hydrogen (secondary N) is 1. The van der Waals surface area contributed by atoms with Crippen molar-refractivity contribution in [2.24, 2.45) is 5.92 Å². The summed E-state index contributed by atoms with van der Waals surface area (Å²) in [5.41, 5.74) is 0. The summed E-state index contributed by atoms with van der Waals surface area (Å²) in [6.45, 7) is 7.47. The van der Waals surface area contributed by atoms with Crippen LogP contribution in [0.4, 0.5) is 0 Å². The number of nitrogens with zero attached hydrogens (tertiary/aromatic N) is 1. The maximum atomic E-state index is 3.48. The molecule has 1 heterocycles. The molecule has 0 spiro atoms. The van der Waals surface area contributed by atoms with Gasteiger partial charge in [-0.1, -0.05) is 32.6 Å². The van der Waals surface area contributed by atoms with Crippen molar-refractivity contribution in [3.05, 3.63) is 0 Å². The van der Waals surface area contributed by atoms with Crippen LogP contribution in [0.25, 0.3) is 0 Å². The van der Waals surface area contributed by atoms with Crippen molar-refractivity contribution < 1.29 is 0 Å². The molecule has 0 atom stereocenters. The van der Waals surface area contributed by atoms with Crippen LogP contribution in [0, 0.1) is 5.92 Å². The molecular weight excluding hydrogens is 208 g/mol. The smallest absolute Gasteiger partial charge is 0.0119 e. The molecule has 1 aliphatic heterocycles. The molecule has 0 aromatic carbocycles. The Balaban J connectivity index is 1.74. The van der Waals surface area contributed by atoms with Crippen molar-refractivity contribution >= 4 is 0 Å². The first-order valence-corrected chi connectivity index (χ1v) is 7.85. The Hall–Kier alpha value is -0.0800. The van der Waals surface area contributed by atoms with Crippen LogP contribution >= 0.6 is 0 Å². The van der Waals surface area contributed by atoms with Crippen LogP contribution in [0.2, 0.25) is 0 Å². The Labute approximate surface area is 107 Å². The minimum Gasteiger partial charge on any atom is -0.317 e. The van der Waals surface area contributed by atoms with Crippen LogP contribution in [0.3, 0.4) is 0 Å². The number of hydrogen-bond donors (Lipinski definition) is 1. The van der Waals surface area contributed by atoms with E-state index in [-0.39, 0.29) is 0 Å². The molecule has 2 nitrogen and oxygen atoms in total. The first-order chi connectivity index (χ1) is 8.40. The lowest BCUT2D eigenvalue weighted by molar-refractivity contribution is 0.152. The molecule has 0 aromatic rings. The van der Waals surface area contributed by atoms with Gasteiger partial charge in [0.25, 0.3) is 0 Å². The summed E-state index contributed by atoms with van der Waals surface area (Å²) in [6.07, 6.45) is 11.5. The second kappa shape index (κ2) is 7.38. The van der Waals surface area contributed by atoms with Gasteiger partial charge in [0.05, 0.1) is 0 Å². The molecule has 0 bridgehead atoms. The van der Waals surface area contributed by atoms with Gasteiger partial charge in [-0.2, -0.15) is 0 Å². The minimum atomic E-state index is 0.873. The van der Waals surface area contributed by atoms with Gasteiger partial charge in [-0.25, -0.2) is 0 Å². The molecule has 0 radical (unpaired) electrons. The maximum Gasteiger partial charge on any atom is 0.0119 e. The van der Waals surface area contributed by atoms with Crippen molar-refractivity contribution in [2.75, 3.05) is 26.2 Å². The molecule has 2 rings (SSSR count). The van der Waals surface area contributed by atoms with E-state index in [1.54, 1.807) is 0 Å². The van der Waals surface area contributed by atoms with Gasteiger partial charge in [-0.05, 0) is 57.8 Å².